The minimum absolute atomic E-state index is 0.00473. The zero-order chi connectivity index (χ0) is 17.5. The molecule has 0 aliphatic carbocycles. The van der Waals surface area contributed by atoms with E-state index < -0.39 is 11.6 Å². The van der Waals surface area contributed by atoms with Gasteiger partial charge in [0.15, 0.2) is 0 Å². The maximum absolute atomic E-state index is 13.0. The molecule has 2 rings (SSSR count). The molecule has 0 bridgehead atoms. The van der Waals surface area contributed by atoms with E-state index in [-0.39, 0.29) is 16.0 Å². The average Bonchev–Trinajstić information content (AvgIpc) is 2.54. The molecule has 126 valence electrons. The van der Waals surface area contributed by atoms with Crippen molar-refractivity contribution in [3.05, 3.63) is 69.2 Å². The Labute approximate surface area is 148 Å². The Hall–Kier alpha value is -2.18. The normalized spacial score (nSPS) is 10.8. The van der Waals surface area contributed by atoms with Crippen LogP contribution in [0.4, 0.5) is 8.78 Å². The molecule has 0 saturated heterocycles. The van der Waals surface area contributed by atoms with E-state index in [9.17, 15) is 8.78 Å². The van der Waals surface area contributed by atoms with Gasteiger partial charge in [0.25, 0.3) is 0 Å². The third-order valence-corrected chi connectivity index (χ3v) is 3.61. The van der Waals surface area contributed by atoms with E-state index in [1.54, 1.807) is 12.1 Å². The van der Waals surface area contributed by atoms with Gasteiger partial charge in [-0.2, -0.15) is 5.10 Å². The fraction of sp³-hybridized carbons (Fsp3) is 0.125. The van der Waals surface area contributed by atoms with Crippen LogP contribution < -0.4 is 10.7 Å². The fourth-order valence-electron chi connectivity index (χ4n) is 1.83. The zero-order valence-corrected chi connectivity index (χ0v) is 13.9. The number of benzene rings is 2. The predicted molar refractivity (Wildman–Crippen MR) is 93.0 cm³/mol. The van der Waals surface area contributed by atoms with Crippen molar-refractivity contribution in [1.82, 2.24) is 10.7 Å². The van der Waals surface area contributed by atoms with Gasteiger partial charge in [0.05, 0.1) is 16.3 Å². The number of halogens is 4. The van der Waals surface area contributed by atoms with E-state index in [2.05, 4.69) is 15.8 Å². The fourth-order valence-corrected chi connectivity index (χ4v) is 2.22. The van der Waals surface area contributed by atoms with Gasteiger partial charge in [-0.1, -0.05) is 35.3 Å². The maximum atomic E-state index is 13.0. The average molecular weight is 371 g/mol. The number of hydrogen-bond acceptors (Lipinski definition) is 2. The van der Waals surface area contributed by atoms with Crippen LogP contribution in [-0.2, 0) is 6.42 Å². The Bertz CT molecular complexity index is 766. The molecule has 0 radical (unpaired) electrons. The highest BCUT2D eigenvalue weighted by Gasteiger charge is 2.02. The first-order valence-corrected chi connectivity index (χ1v) is 7.72. The summed E-state index contributed by atoms with van der Waals surface area (Å²) in [6, 6.07) is 8.67. The molecule has 0 atom stereocenters. The Morgan fingerprint density at radius 1 is 1.08 bits per heavy atom. The van der Waals surface area contributed by atoms with Crippen LogP contribution in [0, 0.1) is 17.0 Å². The van der Waals surface area contributed by atoms with Gasteiger partial charge in [-0.15, -0.1) is 0 Å². The largest absolute Gasteiger partial charge is 0.355 e. The number of nitrogens with one attached hydrogen (secondary N) is 3. The van der Waals surface area contributed by atoms with Crippen molar-refractivity contribution in [2.24, 2.45) is 5.10 Å². The summed E-state index contributed by atoms with van der Waals surface area (Å²) in [5.41, 5.74) is 3.94. The highest BCUT2D eigenvalue weighted by molar-refractivity contribution is 6.31. The van der Waals surface area contributed by atoms with Crippen molar-refractivity contribution in [3.63, 3.8) is 0 Å². The molecule has 0 fully saturated rings. The number of guanidine groups is 1. The van der Waals surface area contributed by atoms with Gasteiger partial charge in [0.2, 0.25) is 5.96 Å². The first-order valence-electron chi connectivity index (χ1n) is 6.96. The van der Waals surface area contributed by atoms with Gasteiger partial charge < -0.3 is 5.32 Å². The molecule has 24 heavy (non-hydrogen) atoms. The van der Waals surface area contributed by atoms with Crippen molar-refractivity contribution in [2.75, 3.05) is 6.54 Å². The number of nitrogens with zero attached hydrogens (tertiary/aromatic N) is 1. The third-order valence-electron chi connectivity index (χ3n) is 3.03. The molecule has 0 saturated carbocycles. The van der Waals surface area contributed by atoms with Crippen LogP contribution in [0.5, 0.6) is 0 Å². The molecule has 3 N–H and O–H groups in total. The van der Waals surface area contributed by atoms with Gasteiger partial charge in [-0.05, 0) is 41.8 Å². The lowest BCUT2D eigenvalue weighted by Gasteiger charge is -2.07. The molecular formula is C16H14Cl2F2N4. The van der Waals surface area contributed by atoms with Crippen LogP contribution in [0.25, 0.3) is 0 Å². The van der Waals surface area contributed by atoms with E-state index in [1.807, 2.05) is 0 Å². The molecule has 2 aromatic rings. The molecule has 0 amide bonds. The Balaban J connectivity index is 1.75. The number of hydrogen-bond donors (Lipinski definition) is 3. The molecule has 0 aromatic heterocycles. The lowest BCUT2D eigenvalue weighted by molar-refractivity contribution is 0.627. The first-order chi connectivity index (χ1) is 11.5. The Morgan fingerprint density at radius 2 is 1.75 bits per heavy atom. The topological polar surface area (TPSA) is 60.3 Å². The lowest BCUT2D eigenvalue weighted by Crippen LogP contribution is -2.34. The third kappa shape index (κ3) is 5.47. The van der Waals surface area contributed by atoms with E-state index in [0.29, 0.717) is 18.5 Å². The molecule has 0 aliphatic heterocycles. The number of rotatable bonds is 5. The van der Waals surface area contributed by atoms with Crippen molar-refractivity contribution in [2.45, 2.75) is 6.42 Å². The van der Waals surface area contributed by atoms with E-state index in [0.717, 1.165) is 5.56 Å². The second-order valence-corrected chi connectivity index (χ2v) is 5.66. The summed E-state index contributed by atoms with van der Waals surface area (Å²) in [4.78, 5) is 0. The SMILES string of the molecule is N=C(NCCc1ccc(F)c(Cl)c1)N/N=C/c1ccc(F)c(Cl)c1. The van der Waals surface area contributed by atoms with Crippen LogP contribution in [0.1, 0.15) is 11.1 Å². The second-order valence-electron chi connectivity index (χ2n) is 4.84. The summed E-state index contributed by atoms with van der Waals surface area (Å²) in [7, 11) is 0. The monoisotopic (exact) mass is 370 g/mol. The standard InChI is InChI=1S/C16H14Cl2F2N4/c17-12-7-10(1-3-14(12)19)5-6-22-16(21)24-23-9-11-2-4-15(20)13(18)8-11/h1-4,7-9H,5-6H2,(H3,21,22,24)/b23-9+. The van der Waals surface area contributed by atoms with E-state index in [4.69, 9.17) is 28.6 Å². The van der Waals surface area contributed by atoms with Crippen LogP contribution in [-0.4, -0.2) is 18.7 Å². The molecular weight excluding hydrogens is 357 g/mol. The van der Waals surface area contributed by atoms with Crippen molar-refractivity contribution in [1.29, 1.82) is 5.41 Å². The van der Waals surface area contributed by atoms with Gasteiger partial charge in [0.1, 0.15) is 11.6 Å². The molecule has 4 nitrogen and oxygen atoms in total. The van der Waals surface area contributed by atoms with Crippen LogP contribution >= 0.6 is 23.2 Å². The van der Waals surface area contributed by atoms with Gasteiger partial charge in [-0.25, -0.2) is 14.2 Å². The molecule has 2 aromatic carbocycles. The molecule has 8 heteroatoms. The predicted octanol–water partition coefficient (Wildman–Crippen LogP) is 3.96. The second kappa shape index (κ2) is 8.61. The lowest BCUT2D eigenvalue weighted by atomic mass is 10.1. The summed E-state index contributed by atoms with van der Waals surface area (Å²) in [6.45, 7) is 0.450. The first kappa shape index (κ1) is 18.2. The minimum Gasteiger partial charge on any atom is -0.355 e. The number of hydrazone groups is 1. The van der Waals surface area contributed by atoms with Crippen LogP contribution in [0.2, 0.25) is 10.0 Å². The summed E-state index contributed by atoms with van der Waals surface area (Å²) >= 11 is 11.4. The molecule has 0 spiro atoms. The van der Waals surface area contributed by atoms with Gasteiger partial charge >= 0.3 is 0 Å². The van der Waals surface area contributed by atoms with Crippen LogP contribution in [0.15, 0.2) is 41.5 Å². The molecule has 0 unspecified atom stereocenters. The van der Waals surface area contributed by atoms with Crippen LogP contribution in [0.3, 0.4) is 0 Å². The van der Waals surface area contributed by atoms with Crippen molar-refractivity contribution >= 4 is 35.4 Å². The Kier molecular flexibility index (Phi) is 6.52. The minimum atomic E-state index is -0.503. The van der Waals surface area contributed by atoms with Gasteiger partial charge in [-0.3, -0.25) is 5.41 Å². The highest BCUT2D eigenvalue weighted by Crippen LogP contribution is 2.16. The quantitative estimate of drug-likeness (QED) is 0.423. The summed E-state index contributed by atoms with van der Waals surface area (Å²) in [5, 5.41) is 14.4. The summed E-state index contributed by atoms with van der Waals surface area (Å²) < 4.78 is 26.0. The van der Waals surface area contributed by atoms with Crippen molar-refractivity contribution < 1.29 is 8.78 Å². The molecule has 0 heterocycles. The van der Waals surface area contributed by atoms with Crippen molar-refractivity contribution in [3.8, 4) is 0 Å². The maximum Gasteiger partial charge on any atom is 0.209 e. The summed E-state index contributed by atoms with van der Waals surface area (Å²) in [6.07, 6.45) is 1.99. The summed E-state index contributed by atoms with van der Waals surface area (Å²) in [5.74, 6) is -0.970. The molecule has 0 aliphatic rings. The Morgan fingerprint density at radius 3 is 2.42 bits per heavy atom. The van der Waals surface area contributed by atoms with E-state index in [1.165, 1.54) is 30.5 Å². The van der Waals surface area contributed by atoms with E-state index >= 15 is 0 Å². The smallest absolute Gasteiger partial charge is 0.209 e. The highest BCUT2D eigenvalue weighted by atomic mass is 35.5. The van der Waals surface area contributed by atoms with Gasteiger partial charge in [0, 0.05) is 6.54 Å². The zero-order valence-electron chi connectivity index (χ0n) is 12.4.